The molecule has 0 heterocycles. The van der Waals surface area contributed by atoms with Crippen molar-refractivity contribution in [3.8, 4) is 0 Å². The Bertz CT molecular complexity index is 284. The maximum atomic E-state index is 11.2. The molecule has 84 valence electrons. The van der Waals surface area contributed by atoms with Gasteiger partial charge in [-0.3, -0.25) is 4.79 Å². The Kier molecular flexibility index (Phi) is 5.07. The summed E-state index contributed by atoms with van der Waals surface area (Å²) in [6, 6.07) is -0.801. The van der Waals surface area contributed by atoms with Crippen molar-refractivity contribution in [3.63, 3.8) is 0 Å². The smallest absolute Gasteiger partial charge is 0.324 e. The molecular formula is C8H17NO4S. The fourth-order valence-corrected chi connectivity index (χ4v) is 1.78. The van der Waals surface area contributed by atoms with Crippen LogP contribution in [0, 0.1) is 5.92 Å². The highest BCUT2D eigenvalue weighted by atomic mass is 32.2. The molecule has 0 aromatic carbocycles. The Labute approximate surface area is 84.9 Å². The first kappa shape index (κ1) is 13.4. The molecule has 0 aromatic rings. The van der Waals surface area contributed by atoms with Crippen LogP contribution in [-0.2, 0) is 19.6 Å². The van der Waals surface area contributed by atoms with Crippen molar-refractivity contribution in [1.82, 2.24) is 4.72 Å². The monoisotopic (exact) mass is 223 g/mol. The molecule has 1 N–H and O–H groups in total. The standard InChI is InChI=1S/C8H17NO4S/c1-5-14(11,12)9-7(6(2)3)8(10)13-4/h6-7,9H,5H2,1-4H3. The van der Waals surface area contributed by atoms with E-state index in [-0.39, 0.29) is 11.7 Å². The Morgan fingerprint density at radius 3 is 2.21 bits per heavy atom. The Balaban J connectivity index is 4.63. The van der Waals surface area contributed by atoms with Crippen LogP contribution in [0.25, 0.3) is 0 Å². The van der Waals surface area contributed by atoms with Gasteiger partial charge in [0.15, 0.2) is 0 Å². The van der Waals surface area contributed by atoms with Crippen molar-refractivity contribution < 1.29 is 17.9 Å². The van der Waals surface area contributed by atoms with Crippen molar-refractivity contribution in [1.29, 1.82) is 0 Å². The van der Waals surface area contributed by atoms with Crippen molar-refractivity contribution in [2.75, 3.05) is 12.9 Å². The van der Waals surface area contributed by atoms with E-state index in [9.17, 15) is 13.2 Å². The Morgan fingerprint density at radius 1 is 1.43 bits per heavy atom. The second kappa shape index (κ2) is 5.31. The quantitative estimate of drug-likeness (QED) is 0.672. The van der Waals surface area contributed by atoms with Gasteiger partial charge in [0, 0.05) is 0 Å². The number of nitrogens with one attached hydrogen (secondary N) is 1. The molecule has 0 aliphatic heterocycles. The SMILES string of the molecule is CCS(=O)(=O)NC(C(=O)OC)C(C)C. The Morgan fingerprint density at radius 2 is 1.93 bits per heavy atom. The van der Waals surface area contributed by atoms with Gasteiger partial charge in [0.05, 0.1) is 12.9 Å². The van der Waals surface area contributed by atoms with Crippen molar-refractivity contribution in [3.05, 3.63) is 0 Å². The molecule has 1 unspecified atom stereocenters. The predicted octanol–water partition coefficient (Wildman–Crippen LogP) is 0.123. The van der Waals surface area contributed by atoms with Gasteiger partial charge in [0.2, 0.25) is 10.0 Å². The molecule has 0 fully saturated rings. The molecule has 14 heavy (non-hydrogen) atoms. The fraction of sp³-hybridized carbons (Fsp3) is 0.875. The maximum absolute atomic E-state index is 11.2. The van der Waals surface area contributed by atoms with Gasteiger partial charge >= 0.3 is 5.97 Å². The highest BCUT2D eigenvalue weighted by Gasteiger charge is 2.26. The molecule has 0 saturated carbocycles. The minimum Gasteiger partial charge on any atom is -0.468 e. The van der Waals surface area contributed by atoms with Crippen LogP contribution < -0.4 is 4.72 Å². The minimum atomic E-state index is -3.37. The van der Waals surface area contributed by atoms with E-state index in [1.165, 1.54) is 14.0 Å². The number of ether oxygens (including phenoxy) is 1. The lowest BCUT2D eigenvalue weighted by atomic mass is 10.1. The highest BCUT2D eigenvalue weighted by molar-refractivity contribution is 7.89. The van der Waals surface area contributed by atoms with Crippen molar-refractivity contribution in [2.45, 2.75) is 26.8 Å². The van der Waals surface area contributed by atoms with Gasteiger partial charge in [-0.15, -0.1) is 0 Å². The molecule has 1 atom stereocenters. The van der Waals surface area contributed by atoms with Crippen LogP contribution in [0.15, 0.2) is 0 Å². The van der Waals surface area contributed by atoms with Crippen LogP contribution in [0.5, 0.6) is 0 Å². The topological polar surface area (TPSA) is 72.5 Å². The molecule has 0 spiro atoms. The summed E-state index contributed by atoms with van der Waals surface area (Å²) in [6.45, 7) is 5.01. The summed E-state index contributed by atoms with van der Waals surface area (Å²) in [5.41, 5.74) is 0. The molecule has 0 bridgehead atoms. The van der Waals surface area contributed by atoms with Gasteiger partial charge in [0.1, 0.15) is 6.04 Å². The lowest BCUT2D eigenvalue weighted by molar-refractivity contribution is -0.143. The van der Waals surface area contributed by atoms with E-state index in [1.807, 2.05) is 0 Å². The minimum absolute atomic E-state index is 0.0484. The number of esters is 1. The molecule has 0 rings (SSSR count). The van der Waals surface area contributed by atoms with Gasteiger partial charge < -0.3 is 4.74 Å². The maximum Gasteiger partial charge on any atom is 0.324 e. The van der Waals surface area contributed by atoms with Gasteiger partial charge in [-0.2, -0.15) is 0 Å². The molecule has 0 saturated heterocycles. The van der Waals surface area contributed by atoms with E-state index in [2.05, 4.69) is 9.46 Å². The molecule has 0 aromatic heterocycles. The summed E-state index contributed by atoms with van der Waals surface area (Å²) in [5.74, 6) is -0.742. The normalized spacial score (nSPS) is 14.1. The first-order valence-corrected chi connectivity index (χ1v) is 6.07. The number of methoxy groups -OCH3 is 1. The lowest BCUT2D eigenvalue weighted by Gasteiger charge is -2.18. The second-order valence-corrected chi connectivity index (χ2v) is 5.31. The summed E-state index contributed by atoms with van der Waals surface area (Å²) in [5, 5.41) is 0. The number of hydrogen-bond acceptors (Lipinski definition) is 4. The number of rotatable bonds is 5. The Hall–Kier alpha value is -0.620. The number of carbonyl (C=O) groups is 1. The van der Waals surface area contributed by atoms with Crippen molar-refractivity contribution >= 4 is 16.0 Å². The van der Waals surface area contributed by atoms with E-state index in [0.29, 0.717) is 0 Å². The van der Waals surface area contributed by atoms with Gasteiger partial charge in [-0.05, 0) is 12.8 Å². The third-order valence-electron chi connectivity index (χ3n) is 1.81. The van der Waals surface area contributed by atoms with E-state index >= 15 is 0 Å². The first-order chi connectivity index (χ1) is 6.34. The summed E-state index contributed by atoms with van der Waals surface area (Å²) < 4.78 is 29.2. The van der Waals surface area contributed by atoms with Crippen LogP contribution in [0.4, 0.5) is 0 Å². The van der Waals surface area contributed by atoms with Crippen LogP contribution >= 0.6 is 0 Å². The number of hydrogen-bond donors (Lipinski definition) is 1. The average molecular weight is 223 g/mol. The van der Waals surface area contributed by atoms with E-state index in [0.717, 1.165) is 0 Å². The second-order valence-electron chi connectivity index (χ2n) is 3.27. The summed E-state index contributed by atoms with van der Waals surface area (Å²) in [4.78, 5) is 11.2. The van der Waals surface area contributed by atoms with E-state index < -0.39 is 22.0 Å². The lowest BCUT2D eigenvalue weighted by Crippen LogP contribution is -2.45. The van der Waals surface area contributed by atoms with Crippen LogP contribution in [0.3, 0.4) is 0 Å². The highest BCUT2D eigenvalue weighted by Crippen LogP contribution is 2.05. The number of sulfonamides is 1. The zero-order valence-corrected chi connectivity index (χ0v) is 9.72. The molecule has 0 aliphatic rings. The van der Waals surface area contributed by atoms with Gasteiger partial charge in [-0.25, -0.2) is 13.1 Å². The number of carbonyl (C=O) groups excluding carboxylic acids is 1. The average Bonchev–Trinajstić information content (AvgIpc) is 2.13. The van der Waals surface area contributed by atoms with Crippen molar-refractivity contribution in [2.24, 2.45) is 5.92 Å². The third-order valence-corrected chi connectivity index (χ3v) is 3.18. The van der Waals surface area contributed by atoms with E-state index in [1.54, 1.807) is 13.8 Å². The zero-order valence-electron chi connectivity index (χ0n) is 8.90. The van der Waals surface area contributed by atoms with Gasteiger partial charge in [0.25, 0.3) is 0 Å². The summed E-state index contributed by atoms with van der Waals surface area (Å²) >= 11 is 0. The molecule has 5 nitrogen and oxygen atoms in total. The fourth-order valence-electron chi connectivity index (χ4n) is 0.860. The third kappa shape index (κ3) is 4.06. The largest absolute Gasteiger partial charge is 0.468 e. The van der Waals surface area contributed by atoms with Gasteiger partial charge in [-0.1, -0.05) is 13.8 Å². The molecule has 0 radical (unpaired) electrons. The van der Waals surface area contributed by atoms with Crippen LogP contribution in [0.1, 0.15) is 20.8 Å². The first-order valence-electron chi connectivity index (χ1n) is 4.42. The molecule has 6 heteroatoms. The molecule has 0 aliphatic carbocycles. The summed E-state index contributed by atoms with van der Waals surface area (Å²) in [7, 11) is -2.14. The summed E-state index contributed by atoms with van der Waals surface area (Å²) in [6.07, 6.45) is 0. The van der Waals surface area contributed by atoms with Crippen LogP contribution in [0.2, 0.25) is 0 Å². The predicted molar refractivity (Wildman–Crippen MR) is 53.2 cm³/mol. The van der Waals surface area contributed by atoms with Crippen LogP contribution in [-0.4, -0.2) is 33.3 Å². The molecule has 0 amide bonds. The molecular weight excluding hydrogens is 206 g/mol. The zero-order chi connectivity index (χ0) is 11.4. The van der Waals surface area contributed by atoms with E-state index in [4.69, 9.17) is 0 Å².